The van der Waals surface area contributed by atoms with Gasteiger partial charge in [-0.25, -0.2) is 19.7 Å². The summed E-state index contributed by atoms with van der Waals surface area (Å²) in [7, 11) is 1.57. The highest BCUT2D eigenvalue weighted by atomic mass is 16.5. The van der Waals surface area contributed by atoms with Crippen molar-refractivity contribution in [2.45, 2.75) is 25.3 Å². The van der Waals surface area contributed by atoms with Crippen molar-refractivity contribution in [3.05, 3.63) is 54.9 Å². The molecule has 3 aromatic heterocycles. The zero-order chi connectivity index (χ0) is 20.2. The number of methoxy groups -OCH3 is 1. The van der Waals surface area contributed by atoms with Gasteiger partial charge in [-0.05, 0) is 49.6 Å². The quantitative estimate of drug-likeness (QED) is 0.688. The van der Waals surface area contributed by atoms with Crippen LogP contribution in [0.2, 0.25) is 0 Å². The van der Waals surface area contributed by atoms with E-state index in [4.69, 9.17) is 15.5 Å². The predicted molar refractivity (Wildman–Crippen MR) is 112 cm³/mol. The third-order valence-corrected chi connectivity index (χ3v) is 4.93. The summed E-state index contributed by atoms with van der Waals surface area (Å²) in [5, 5.41) is 2.84. The van der Waals surface area contributed by atoms with Crippen LogP contribution >= 0.6 is 0 Å². The molecule has 1 fully saturated rings. The summed E-state index contributed by atoms with van der Waals surface area (Å²) in [6.45, 7) is 0. The van der Waals surface area contributed by atoms with Crippen molar-refractivity contribution in [1.82, 2.24) is 15.0 Å². The second kappa shape index (κ2) is 8.14. The minimum absolute atomic E-state index is 0.0535. The molecule has 1 aliphatic rings. The van der Waals surface area contributed by atoms with Gasteiger partial charge in [-0.3, -0.25) is 10.2 Å². The molecule has 0 aromatic carbocycles. The molecule has 0 spiro atoms. The van der Waals surface area contributed by atoms with Gasteiger partial charge >= 0.3 is 6.03 Å². The average Bonchev–Trinajstić information content (AvgIpc) is 2.72. The molecular formula is C21H22N6O2. The van der Waals surface area contributed by atoms with Crippen LogP contribution in [0.3, 0.4) is 0 Å². The molecule has 0 radical (unpaired) electrons. The number of ether oxygens (including phenoxy) is 1. The number of amides is 2. The van der Waals surface area contributed by atoms with Crippen molar-refractivity contribution < 1.29 is 9.53 Å². The van der Waals surface area contributed by atoms with Crippen LogP contribution in [-0.2, 0) is 0 Å². The van der Waals surface area contributed by atoms with Gasteiger partial charge in [-0.2, -0.15) is 0 Å². The fourth-order valence-electron chi connectivity index (χ4n) is 3.15. The normalized spacial score (nSPS) is 13.4. The largest absolute Gasteiger partial charge is 0.481 e. The van der Waals surface area contributed by atoms with E-state index < -0.39 is 0 Å². The summed E-state index contributed by atoms with van der Waals surface area (Å²) < 4.78 is 5.11. The highest BCUT2D eigenvalue weighted by Crippen LogP contribution is 2.34. The summed E-state index contributed by atoms with van der Waals surface area (Å²) >= 11 is 0. The van der Waals surface area contributed by atoms with E-state index in [1.165, 1.54) is 0 Å². The zero-order valence-corrected chi connectivity index (χ0v) is 16.1. The number of anilines is 3. The SMILES string of the molecule is COc1ccc(-c2ccc(N)c(N(C(=O)Nc3ccccn3)C3CCC3)n2)cn1. The van der Waals surface area contributed by atoms with Gasteiger partial charge in [0.2, 0.25) is 5.88 Å². The molecule has 8 nitrogen and oxygen atoms in total. The van der Waals surface area contributed by atoms with Gasteiger partial charge in [0.15, 0.2) is 5.82 Å². The van der Waals surface area contributed by atoms with Gasteiger partial charge in [-0.1, -0.05) is 6.07 Å². The topological polar surface area (TPSA) is 106 Å². The van der Waals surface area contributed by atoms with E-state index >= 15 is 0 Å². The molecule has 0 atom stereocenters. The molecule has 1 saturated carbocycles. The number of carbonyl (C=O) groups excluding carboxylic acids is 1. The summed E-state index contributed by atoms with van der Waals surface area (Å²) in [5.74, 6) is 1.45. The van der Waals surface area contributed by atoms with Crippen LogP contribution in [0.1, 0.15) is 19.3 Å². The molecule has 3 N–H and O–H groups in total. The third kappa shape index (κ3) is 3.96. The first-order valence-corrected chi connectivity index (χ1v) is 9.44. The Labute approximate surface area is 168 Å². The average molecular weight is 390 g/mol. The Kier molecular flexibility index (Phi) is 5.24. The highest BCUT2D eigenvalue weighted by molar-refractivity contribution is 6.03. The third-order valence-electron chi connectivity index (χ3n) is 4.93. The minimum Gasteiger partial charge on any atom is -0.481 e. The smallest absolute Gasteiger partial charge is 0.328 e. The van der Waals surface area contributed by atoms with Crippen molar-refractivity contribution in [2.24, 2.45) is 0 Å². The molecule has 3 aromatic rings. The van der Waals surface area contributed by atoms with E-state index in [2.05, 4.69) is 15.3 Å². The first kappa shape index (κ1) is 18.7. The number of urea groups is 1. The van der Waals surface area contributed by atoms with Crippen molar-refractivity contribution in [2.75, 3.05) is 23.1 Å². The molecule has 0 bridgehead atoms. The first-order chi connectivity index (χ1) is 14.2. The van der Waals surface area contributed by atoms with Crippen molar-refractivity contribution in [3.8, 4) is 17.1 Å². The Morgan fingerprint density at radius 2 is 2.03 bits per heavy atom. The molecule has 2 amide bonds. The van der Waals surface area contributed by atoms with Crippen LogP contribution in [0, 0.1) is 0 Å². The van der Waals surface area contributed by atoms with E-state index in [1.807, 2.05) is 18.2 Å². The van der Waals surface area contributed by atoms with Crippen molar-refractivity contribution >= 4 is 23.4 Å². The summed E-state index contributed by atoms with van der Waals surface area (Å²) in [4.78, 5) is 27.8. The van der Waals surface area contributed by atoms with E-state index in [0.29, 0.717) is 28.9 Å². The van der Waals surface area contributed by atoms with Crippen LogP contribution in [0.4, 0.5) is 22.1 Å². The molecule has 29 heavy (non-hydrogen) atoms. The second-order valence-corrected chi connectivity index (χ2v) is 6.80. The van der Waals surface area contributed by atoms with Gasteiger partial charge in [0.05, 0.1) is 18.5 Å². The molecule has 148 valence electrons. The van der Waals surface area contributed by atoms with Crippen molar-refractivity contribution in [3.63, 3.8) is 0 Å². The number of nitrogens with zero attached hydrogens (tertiary/aromatic N) is 4. The summed E-state index contributed by atoms with van der Waals surface area (Å²) in [6.07, 6.45) is 6.20. The van der Waals surface area contributed by atoms with Gasteiger partial charge in [0.1, 0.15) is 5.82 Å². The molecule has 3 heterocycles. The fourth-order valence-corrected chi connectivity index (χ4v) is 3.15. The molecule has 0 saturated heterocycles. The predicted octanol–water partition coefficient (Wildman–Crippen LogP) is 3.72. The standard InChI is InChI=1S/C21H22N6O2/c1-29-19-11-8-14(13-24-19)17-10-9-16(22)20(25-17)27(15-5-4-6-15)21(28)26-18-7-2-3-12-23-18/h2-3,7-13,15H,4-6,22H2,1H3,(H,23,26,28). The lowest BCUT2D eigenvalue weighted by molar-refractivity contribution is 0.249. The van der Waals surface area contributed by atoms with Crippen LogP contribution in [0.15, 0.2) is 54.9 Å². The van der Waals surface area contributed by atoms with Crippen LogP contribution in [0.25, 0.3) is 11.3 Å². The zero-order valence-electron chi connectivity index (χ0n) is 16.1. The minimum atomic E-state index is -0.294. The Morgan fingerprint density at radius 1 is 1.17 bits per heavy atom. The van der Waals surface area contributed by atoms with Crippen molar-refractivity contribution in [1.29, 1.82) is 0 Å². The Balaban J connectivity index is 1.67. The Hall–Kier alpha value is -3.68. The maximum Gasteiger partial charge on any atom is 0.328 e. The number of hydrogen-bond donors (Lipinski definition) is 2. The van der Waals surface area contributed by atoms with Gasteiger partial charge in [0, 0.05) is 30.1 Å². The molecule has 0 unspecified atom stereocenters. The maximum absolute atomic E-state index is 13.1. The van der Waals surface area contributed by atoms with Crippen LogP contribution < -0.4 is 20.7 Å². The van der Waals surface area contributed by atoms with Gasteiger partial charge in [0.25, 0.3) is 0 Å². The van der Waals surface area contributed by atoms with Crippen LogP contribution in [0.5, 0.6) is 5.88 Å². The number of rotatable bonds is 5. The molecule has 1 aliphatic carbocycles. The highest BCUT2D eigenvalue weighted by Gasteiger charge is 2.32. The second-order valence-electron chi connectivity index (χ2n) is 6.80. The first-order valence-electron chi connectivity index (χ1n) is 9.44. The molecule has 0 aliphatic heterocycles. The monoisotopic (exact) mass is 390 g/mol. The lowest BCUT2D eigenvalue weighted by Gasteiger charge is -2.37. The lowest BCUT2D eigenvalue weighted by atomic mass is 9.91. The Morgan fingerprint density at radius 3 is 2.66 bits per heavy atom. The molecule has 4 rings (SSSR count). The fraction of sp³-hybridized carbons (Fsp3) is 0.238. The number of carbonyl (C=O) groups is 1. The number of nitrogen functional groups attached to an aromatic ring is 1. The van der Waals surface area contributed by atoms with Gasteiger partial charge < -0.3 is 10.5 Å². The van der Waals surface area contributed by atoms with Gasteiger partial charge in [-0.15, -0.1) is 0 Å². The lowest BCUT2D eigenvalue weighted by Crippen LogP contribution is -2.47. The summed E-state index contributed by atoms with van der Waals surface area (Å²) in [6, 6.07) is 12.3. The molecular weight excluding hydrogens is 368 g/mol. The van der Waals surface area contributed by atoms with Crippen LogP contribution in [-0.4, -0.2) is 34.1 Å². The van der Waals surface area contributed by atoms with E-state index in [-0.39, 0.29) is 12.1 Å². The van der Waals surface area contributed by atoms with E-state index in [1.54, 1.807) is 48.7 Å². The maximum atomic E-state index is 13.1. The Bertz CT molecular complexity index is 990. The number of hydrogen-bond acceptors (Lipinski definition) is 6. The number of aromatic nitrogens is 3. The molecule has 8 heteroatoms. The number of nitrogens with one attached hydrogen (secondary N) is 1. The summed E-state index contributed by atoms with van der Waals surface area (Å²) in [5.41, 5.74) is 8.16. The van der Waals surface area contributed by atoms with E-state index in [9.17, 15) is 4.79 Å². The number of pyridine rings is 3. The van der Waals surface area contributed by atoms with E-state index in [0.717, 1.165) is 24.8 Å². The number of nitrogens with two attached hydrogens (primary N) is 1.